The summed E-state index contributed by atoms with van der Waals surface area (Å²) >= 11 is 0. The number of carbonyl (C=O) groups excluding carboxylic acids is 1. The van der Waals surface area contributed by atoms with Crippen molar-refractivity contribution in [1.29, 1.82) is 0 Å². The maximum Gasteiger partial charge on any atom is 0.410 e. The molecule has 2 aliphatic heterocycles. The number of sulfonamides is 1. The average Bonchev–Trinajstić information content (AvgIpc) is 3.11. The summed E-state index contributed by atoms with van der Waals surface area (Å²) in [6.07, 6.45) is 2.44. The van der Waals surface area contributed by atoms with Crippen LogP contribution in [0, 0.1) is 0 Å². The van der Waals surface area contributed by atoms with Gasteiger partial charge in [0.25, 0.3) is 0 Å². The fourth-order valence-corrected chi connectivity index (χ4v) is 5.19. The minimum Gasteiger partial charge on any atom is -0.449 e. The van der Waals surface area contributed by atoms with Gasteiger partial charge >= 0.3 is 6.09 Å². The number of hydrogen-bond acceptors (Lipinski definition) is 5. The van der Waals surface area contributed by atoms with E-state index < -0.39 is 16.1 Å². The van der Waals surface area contributed by atoms with Crippen molar-refractivity contribution in [2.75, 3.05) is 26.0 Å². The molecule has 1 N–H and O–H groups in total. The molecule has 31 heavy (non-hydrogen) atoms. The molecule has 1 saturated heterocycles. The van der Waals surface area contributed by atoms with Gasteiger partial charge in [-0.1, -0.05) is 48.5 Å². The van der Waals surface area contributed by atoms with Crippen LogP contribution in [-0.4, -0.2) is 57.5 Å². The van der Waals surface area contributed by atoms with E-state index in [2.05, 4.69) is 29.0 Å². The van der Waals surface area contributed by atoms with Gasteiger partial charge in [0.1, 0.15) is 0 Å². The zero-order valence-electron chi connectivity index (χ0n) is 17.6. The average molecular weight is 445 g/mol. The van der Waals surface area contributed by atoms with Crippen LogP contribution >= 0.6 is 0 Å². The zero-order valence-corrected chi connectivity index (χ0v) is 18.4. The lowest BCUT2D eigenvalue weighted by atomic mass is 9.95. The smallest absolute Gasteiger partial charge is 0.410 e. The number of amides is 1. The minimum absolute atomic E-state index is 0.265. The molecule has 7 nitrogen and oxygen atoms in total. The molecule has 1 fully saturated rings. The van der Waals surface area contributed by atoms with Gasteiger partial charge in [0, 0.05) is 19.0 Å². The van der Waals surface area contributed by atoms with Crippen molar-refractivity contribution in [2.24, 2.45) is 0 Å². The van der Waals surface area contributed by atoms with Crippen molar-refractivity contribution in [2.45, 2.75) is 38.0 Å². The molecule has 2 aromatic carbocycles. The molecule has 2 heterocycles. The van der Waals surface area contributed by atoms with Crippen molar-refractivity contribution >= 4 is 16.1 Å². The molecule has 2 atom stereocenters. The number of nitrogens with one attached hydrogen (secondary N) is 1. The molecule has 8 heteroatoms. The summed E-state index contributed by atoms with van der Waals surface area (Å²) in [5, 5.41) is 0. The number of hydrogen-bond donors (Lipinski definition) is 1. The van der Waals surface area contributed by atoms with E-state index in [1.807, 2.05) is 24.3 Å². The number of benzene rings is 2. The number of carbonyl (C=O) groups is 1. The molecule has 0 saturated carbocycles. The van der Waals surface area contributed by atoms with Crippen LogP contribution in [0.3, 0.4) is 0 Å². The number of nitrogens with zero attached hydrogens (tertiary/aromatic N) is 1. The summed E-state index contributed by atoms with van der Waals surface area (Å²) in [5.74, 6) is 0. The highest BCUT2D eigenvalue weighted by molar-refractivity contribution is 7.88. The van der Waals surface area contributed by atoms with Gasteiger partial charge in [-0.05, 0) is 35.1 Å². The molecule has 166 valence electrons. The summed E-state index contributed by atoms with van der Waals surface area (Å²) in [4.78, 5) is 14.4. The Hall–Kier alpha value is -2.42. The van der Waals surface area contributed by atoms with Crippen molar-refractivity contribution in [3.05, 3.63) is 59.7 Å². The van der Waals surface area contributed by atoms with Gasteiger partial charge < -0.3 is 14.4 Å². The van der Waals surface area contributed by atoms with Crippen LogP contribution in [-0.2, 0) is 32.5 Å². The Kier molecular flexibility index (Phi) is 6.60. The van der Waals surface area contributed by atoms with Gasteiger partial charge in [-0.25, -0.2) is 17.9 Å². The first kappa shape index (κ1) is 21.8. The highest BCUT2D eigenvalue weighted by Gasteiger charge is 2.39. The normalized spacial score (nSPS) is 22.6. The van der Waals surface area contributed by atoms with Crippen LogP contribution in [0.15, 0.2) is 48.5 Å². The molecule has 4 rings (SSSR count). The lowest BCUT2D eigenvalue weighted by Gasteiger charge is -2.28. The highest BCUT2D eigenvalue weighted by Crippen LogP contribution is 2.28. The van der Waals surface area contributed by atoms with E-state index in [-0.39, 0.29) is 18.7 Å². The minimum atomic E-state index is -3.40. The molecular weight excluding hydrogens is 416 g/mol. The molecule has 2 unspecified atom stereocenters. The molecule has 2 bridgehead atoms. The number of rotatable bonds is 2. The first-order valence-corrected chi connectivity index (χ1v) is 12.5. The van der Waals surface area contributed by atoms with Gasteiger partial charge in [0.05, 0.1) is 32.1 Å². The van der Waals surface area contributed by atoms with E-state index in [9.17, 15) is 13.2 Å². The van der Waals surface area contributed by atoms with E-state index in [1.165, 1.54) is 0 Å². The lowest BCUT2D eigenvalue weighted by molar-refractivity contribution is 0.0725. The van der Waals surface area contributed by atoms with E-state index in [1.54, 1.807) is 4.90 Å². The maximum atomic E-state index is 12.7. The van der Waals surface area contributed by atoms with Crippen molar-refractivity contribution < 1.29 is 22.7 Å². The summed E-state index contributed by atoms with van der Waals surface area (Å²) in [6.45, 7) is 1.70. The van der Waals surface area contributed by atoms with Gasteiger partial charge in [-0.3, -0.25) is 0 Å². The van der Waals surface area contributed by atoms with E-state index >= 15 is 0 Å². The molecule has 2 aromatic rings. The standard InChI is InChI=1S/C23H28N2O5S/c1-31(27,28)24-21-10-11-25-22(21)15-17-6-4-8-18(14-17)20-9-3-2-7-19(20)16-29-12-5-13-30-23(25)26/h2-4,6-9,14,21-22,24H,5,10-13,15-16H2,1H3. The summed E-state index contributed by atoms with van der Waals surface area (Å²) in [7, 11) is -3.40. The Labute approximate surface area is 183 Å². The predicted molar refractivity (Wildman–Crippen MR) is 118 cm³/mol. The number of cyclic esters (lactones) is 1. The second-order valence-electron chi connectivity index (χ2n) is 8.13. The number of ether oxygens (including phenoxy) is 2. The summed E-state index contributed by atoms with van der Waals surface area (Å²) in [5.41, 5.74) is 4.32. The van der Waals surface area contributed by atoms with Crippen LogP contribution in [0.25, 0.3) is 11.1 Å². The van der Waals surface area contributed by atoms with Crippen molar-refractivity contribution in [3.63, 3.8) is 0 Å². The third-order valence-electron chi connectivity index (χ3n) is 5.76. The fourth-order valence-electron chi connectivity index (χ4n) is 4.37. The van der Waals surface area contributed by atoms with Crippen molar-refractivity contribution in [1.82, 2.24) is 9.62 Å². The largest absolute Gasteiger partial charge is 0.449 e. The molecule has 0 radical (unpaired) electrons. The molecular formula is C23H28N2O5S. The van der Waals surface area contributed by atoms with E-state index in [0.717, 1.165) is 28.5 Å². The Bertz CT molecular complexity index is 1040. The van der Waals surface area contributed by atoms with Crippen LogP contribution in [0.1, 0.15) is 24.0 Å². The quantitative estimate of drug-likeness (QED) is 0.770. The Balaban J connectivity index is 1.69. The monoisotopic (exact) mass is 444 g/mol. The van der Waals surface area contributed by atoms with Crippen LogP contribution in [0.5, 0.6) is 0 Å². The Morgan fingerprint density at radius 3 is 2.77 bits per heavy atom. The Morgan fingerprint density at radius 2 is 1.94 bits per heavy atom. The number of fused-ring (bicyclic) bond motifs is 5. The van der Waals surface area contributed by atoms with Gasteiger partial charge in [0.15, 0.2) is 0 Å². The molecule has 0 aliphatic carbocycles. The predicted octanol–water partition coefficient (Wildman–Crippen LogP) is 2.95. The summed E-state index contributed by atoms with van der Waals surface area (Å²) in [6, 6.07) is 15.7. The first-order chi connectivity index (χ1) is 14.9. The SMILES string of the molecule is CS(=O)(=O)NC1CCN2C(=O)OCCCOCc3ccccc3-c3cccc(c3)CC12. The molecule has 1 amide bonds. The third-order valence-corrected chi connectivity index (χ3v) is 6.49. The zero-order chi connectivity index (χ0) is 21.8. The third kappa shape index (κ3) is 5.44. The first-order valence-electron chi connectivity index (χ1n) is 10.6. The topological polar surface area (TPSA) is 84.9 Å². The Morgan fingerprint density at radius 1 is 1.10 bits per heavy atom. The second-order valence-corrected chi connectivity index (χ2v) is 9.91. The van der Waals surface area contributed by atoms with Crippen molar-refractivity contribution in [3.8, 4) is 11.1 Å². The lowest BCUT2D eigenvalue weighted by Crippen LogP contribution is -2.47. The van der Waals surface area contributed by atoms with Crippen LogP contribution < -0.4 is 4.72 Å². The highest BCUT2D eigenvalue weighted by atomic mass is 32.2. The summed E-state index contributed by atoms with van der Waals surface area (Å²) < 4.78 is 37.8. The van der Waals surface area contributed by atoms with E-state index in [0.29, 0.717) is 39.0 Å². The van der Waals surface area contributed by atoms with Gasteiger partial charge in [0.2, 0.25) is 10.0 Å². The van der Waals surface area contributed by atoms with Gasteiger partial charge in [-0.2, -0.15) is 0 Å². The van der Waals surface area contributed by atoms with E-state index in [4.69, 9.17) is 9.47 Å². The molecule has 0 spiro atoms. The van der Waals surface area contributed by atoms with Crippen LogP contribution in [0.4, 0.5) is 4.79 Å². The second kappa shape index (κ2) is 9.38. The maximum absolute atomic E-state index is 12.7. The molecule has 2 aliphatic rings. The molecule has 0 aromatic heterocycles. The fraction of sp³-hybridized carbons (Fsp3) is 0.435. The van der Waals surface area contributed by atoms with Gasteiger partial charge in [-0.15, -0.1) is 0 Å². The van der Waals surface area contributed by atoms with Crippen LogP contribution in [0.2, 0.25) is 0 Å².